The maximum Gasteiger partial charge on any atom is 0.179 e. The lowest BCUT2D eigenvalue weighted by Gasteiger charge is -2.34. The van der Waals surface area contributed by atoms with Gasteiger partial charge < -0.3 is 9.47 Å². The zero-order chi connectivity index (χ0) is 37.8. The molecule has 0 amide bonds. The number of benzene rings is 8. The molecule has 0 atom stereocenters. The highest BCUT2D eigenvalue weighted by atomic mass is 16.6. The smallest absolute Gasteiger partial charge is 0.179 e. The predicted molar refractivity (Wildman–Crippen MR) is 228 cm³/mol. The van der Waals surface area contributed by atoms with Gasteiger partial charge in [0.15, 0.2) is 28.8 Å². The minimum absolute atomic E-state index is 0.561. The molecule has 268 valence electrons. The van der Waals surface area contributed by atoms with Crippen LogP contribution in [0.5, 0.6) is 23.0 Å². The summed E-state index contributed by atoms with van der Waals surface area (Å²) in [6.07, 6.45) is 0. The van der Waals surface area contributed by atoms with Crippen LogP contribution in [-0.4, -0.2) is 9.97 Å². The van der Waals surface area contributed by atoms with Crippen molar-refractivity contribution >= 4 is 0 Å². The number of hydrogen-bond donors (Lipinski definition) is 0. The summed E-state index contributed by atoms with van der Waals surface area (Å²) in [6, 6.07) is 71.7. The zero-order valence-corrected chi connectivity index (χ0v) is 30.8. The molecular weight excluding hydrogens is 697 g/mol. The Hall–Kier alpha value is -7.56. The van der Waals surface area contributed by atoms with E-state index in [-0.39, 0.29) is 0 Å². The van der Waals surface area contributed by atoms with Crippen molar-refractivity contribution in [2.24, 2.45) is 0 Å². The molecule has 0 saturated carbocycles. The standard InChI is InChI=1S/C53H34N2O2/c1-5-16-35(17-6-1)36-28-30-37(31-29-36)45-34-46(55-52(54-45)38-18-7-2-8-19-38)42-25-15-27-47-50(42)57-51-48(56-47)33-32-44-49(51)41-24-13-14-26-43(41)53(44,39-20-9-3-10-21-39)40-22-11-4-12-23-40/h1-34H. The summed E-state index contributed by atoms with van der Waals surface area (Å²) in [4.78, 5) is 10.3. The van der Waals surface area contributed by atoms with Gasteiger partial charge in [0.05, 0.1) is 16.8 Å². The molecule has 57 heavy (non-hydrogen) atoms. The molecule has 0 radical (unpaired) electrons. The van der Waals surface area contributed by atoms with Crippen molar-refractivity contribution in [3.63, 3.8) is 0 Å². The Morgan fingerprint density at radius 2 is 0.895 bits per heavy atom. The third-order valence-electron chi connectivity index (χ3n) is 11.3. The van der Waals surface area contributed by atoms with E-state index in [1.165, 1.54) is 22.3 Å². The highest BCUT2D eigenvalue weighted by Gasteiger charge is 2.48. The van der Waals surface area contributed by atoms with Gasteiger partial charge in [-0.15, -0.1) is 0 Å². The number of rotatable bonds is 6. The van der Waals surface area contributed by atoms with Crippen LogP contribution in [0, 0.1) is 0 Å². The first kappa shape index (κ1) is 32.8. The summed E-state index contributed by atoms with van der Waals surface area (Å²) < 4.78 is 14.0. The molecule has 9 aromatic rings. The third kappa shape index (κ3) is 5.30. The first-order valence-corrected chi connectivity index (χ1v) is 19.2. The Kier molecular flexibility index (Phi) is 7.68. The second kappa shape index (κ2) is 13.3. The molecule has 0 saturated heterocycles. The number of para-hydroxylation sites is 1. The molecular formula is C53H34N2O2. The van der Waals surface area contributed by atoms with E-state index in [1.807, 2.05) is 48.5 Å². The molecule has 4 nitrogen and oxygen atoms in total. The molecule has 2 heterocycles. The van der Waals surface area contributed by atoms with E-state index in [0.717, 1.165) is 50.3 Å². The fraction of sp³-hybridized carbons (Fsp3) is 0.0189. The van der Waals surface area contributed by atoms with E-state index in [9.17, 15) is 0 Å². The molecule has 0 spiro atoms. The third-order valence-corrected chi connectivity index (χ3v) is 11.3. The largest absolute Gasteiger partial charge is 0.449 e. The molecule has 0 N–H and O–H groups in total. The highest BCUT2D eigenvalue weighted by Crippen LogP contribution is 2.62. The fourth-order valence-electron chi connectivity index (χ4n) is 8.70. The van der Waals surface area contributed by atoms with Crippen molar-refractivity contribution in [3.05, 3.63) is 229 Å². The summed E-state index contributed by atoms with van der Waals surface area (Å²) in [5.41, 5.74) is 13.0. The van der Waals surface area contributed by atoms with Crippen molar-refractivity contribution in [3.8, 4) is 79.2 Å². The Morgan fingerprint density at radius 1 is 0.351 bits per heavy atom. The molecule has 1 aromatic heterocycles. The average Bonchev–Trinajstić information content (AvgIpc) is 3.61. The quantitative estimate of drug-likeness (QED) is 0.171. The van der Waals surface area contributed by atoms with Crippen molar-refractivity contribution in [2.75, 3.05) is 0 Å². The summed E-state index contributed by atoms with van der Waals surface area (Å²) >= 11 is 0. The lowest BCUT2D eigenvalue weighted by molar-refractivity contribution is 0.361. The Bertz CT molecular complexity index is 2890. The van der Waals surface area contributed by atoms with Gasteiger partial charge in [-0.25, -0.2) is 9.97 Å². The first-order valence-electron chi connectivity index (χ1n) is 19.2. The molecule has 0 unspecified atom stereocenters. The number of nitrogens with zero attached hydrogens (tertiary/aromatic N) is 2. The minimum atomic E-state index is -0.561. The molecule has 0 bridgehead atoms. The van der Waals surface area contributed by atoms with E-state index in [2.05, 4.69) is 158 Å². The SMILES string of the molecule is c1ccc(-c2ccc(-c3cc(-c4cccc5c4Oc4c(ccc6c4-c4ccccc4C6(c4ccccc4)c4ccccc4)O5)nc(-c4ccccc4)n3)cc2)cc1. The predicted octanol–water partition coefficient (Wildman–Crippen LogP) is 13.4. The van der Waals surface area contributed by atoms with Gasteiger partial charge in [-0.05, 0) is 63.2 Å². The molecule has 1 aliphatic carbocycles. The topological polar surface area (TPSA) is 44.2 Å². The molecule has 8 aromatic carbocycles. The number of fused-ring (bicyclic) bond motifs is 6. The minimum Gasteiger partial charge on any atom is -0.449 e. The van der Waals surface area contributed by atoms with Gasteiger partial charge in [-0.3, -0.25) is 0 Å². The van der Waals surface area contributed by atoms with Crippen LogP contribution in [0.15, 0.2) is 206 Å². The van der Waals surface area contributed by atoms with Gasteiger partial charge in [-0.1, -0.05) is 182 Å². The Labute approximate surface area is 331 Å². The lowest BCUT2D eigenvalue weighted by atomic mass is 9.68. The maximum atomic E-state index is 7.20. The zero-order valence-electron chi connectivity index (χ0n) is 30.8. The number of ether oxygens (including phenoxy) is 2. The van der Waals surface area contributed by atoms with Crippen LogP contribution in [0.3, 0.4) is 0 Å². The number of hydrogen-bond acceptors (Lipinski definition) is 4. The second-order valence-corrected chi connectivity index (χ2v) is 14.5. The van der Waals surface area contributed by atoms with Crippen LogP contribution in [0.4, 0.5) is 0 Å². The summed E-state index contributed by atoms with van der Waals surface area (Å²) in [5, 5.41) is 0. The monoisotopic (exact) mass is 730 g/mol. The van der Waals surface area contributed by atoms with E-state index in [0.29, 0.717) is 28.8 Å². The van der Waals surface area contributed by atoms with Crippen LogP contribution in [-0.2, 0) is 5.41 Å². The molecule has 0 fully saturated rings. The lowest BCUT2D eigenvalue weighted by Crippen LogP contribution is -2.28. The maximum absolute atomic E-state index is 7.20. The van der Waals surface area contributed by atoms with E-state index >= 15 is 0 Å². The van der Waals surface area contributed by atoms with Crippen LogP contribution in [0.2, 0.25) is 0 Å². The van der Waals surface area contributed by atoms with Gasteiger partial charge in [0, 0.05) is 22.3 Å². The average molecular weight is 731 g/mol. The van der Waals surface area contributed by atoms with Crippen LogP contribution in [0.25, 0.3) is 56.2 Å². The van der Waals surface area contributed by atoms with Gasteiger partial charge >= 0.3 is 0 Å². The highest BCUT2D eigenvalue weighted by molar-refractivity contribution is 5.92. The Balaban J connectivity index is 1.08. The van der Waals surface area contributed by atoms with Gasteiger partial charge in [-0.2, -0.15) is 0 Å². The number of aromatic nitrogens is 2. The van der Waals surface area contributed by atoms with Crippen molar-refractivity contribution in [2.45, 2.75) is 5.41 Å². The van der Waals surface area contributed by atoms with Crippen LogP contribution >= 0.6 is 0 Å². The van der Waals surface area contributed by atoms with Crippen LogP contribution in [0.1, 0.15) is 22.3 Å². The normalized spacial score (nSPS) is 13.0. The van der Waals surface area contributed by atoms with Crippen LogP contribution < -0.4 is 9.47 Å². The van der Waals surface area contributed by atoms with Gasteiger partial charge in [0.2, 0.25) is 0 Å². The molecule has 11 rings (SSSR count). The molecule has 4 heteroatoms. The van der Waals surface area contributed by atoms with Gasteiger partial charge in [0.1, 0.15) is 0 Å². The second-order valence-electron chi connectivity index (χ2n) is 14.5. The Morgan fingerprint density at radius 3 is 1.60 bits per heavy atom. The fourth-order valence-corrected chi connectivity index (χ4v) is 8.70. The summed E-state index contributed by atoms with van der Waals surface area (Å²) in [6.45, 7) is 0. The van der Waals surface area contributed by atoms with Crippen molar-refractivity contribution < 1.29 is 9.47 Å². The summed E-state index contributed by atoms with van der Waals surface area (Å²) in [7, 11) is 0. The van der Waals surface area contributed by atoms with E-state index in [4.69, 9.17) is 19.4 Å². The molecule has 2 aliphatic rings. The first-order chi connectivity index (χ1) is 28.3. The molecule has 1 aliphatic heterocycles. The van der Waals surface area contributed by atoms with Gasteiger partial charge in [0.25, 0.3) is 0 Å². The van der Waals surface area contributed by atoms with E-state index < -0.39 is 5.41 Å². The van der Waals surface area contributed by atoms with Crippen molar-refractivity contribution in [1.29, 1.82) is 0 Å². The van der Waals surface area contributed by atoms with E-state index in [1.54, 1.807) is 0 Å². The van der Waals surface area contributed by atoms with Crippen molar-refractivity contribution in [1.82, 2.24) is 9.97 Å². The summed E-state index contributed by atoms with van der Waals surface area (Å²) in [5.74, 6) is 3.27.